The molecule has 178 valence electrons. The standard InChI is InChI=1S/C18H20N4O2S2.C2HF3O2/c19-18(24)22-15-9-14(5-4-12-6-8-25-11-12)26-16(15)17(23)21-13-3-1-2-7-20-10-13;3-2(4,5)1(6)7/h6,8-9,11,13,20H,1-3,7,10H2,(H,21,23)(H3,19,22,24);(H,6,7)/t13-;/m0./s1. The van der Waals surface area contributed by atoms with Crippen LogP contribution >= 0.6 is 22.7 Å². The van der Waals surface area contributed by atoms with Crippen LogP contribution in [0.4, 0.5) is 23.7 Å². The maximum atomic E-state index is 12.7. The van der Waals surface area contributed by atoms with Gasteiger partial charge in [0, 0.05) is 23.5 Å². The molecule has 0 unspecified atom stereocenters. The van der Waals surface area contributed by atoms with Gasteiger partial charge in [-0.1, -0.05) is 18.3 Å². The second kappa shape index (κ2) is 12.2. The molecule has 0 bridgehead atoms. The van der Waals surface area contributed by atoms with Crippen LogP contribution in [0.2, 0.25) is 0 Å². The maximum Gasteiger partial charge on any atom is 0.490 e. The molecule has 6 N–H and O–H groups in total. The number of aliphatic carboxylic acids is 1. The van der Waals surface area contributed by atoms with Crippen molar-refractivity contribution in [2.45, 2.75) is 31.5 Å². The van der Waals surface area contributed by atoms with E-state index in [4.69, 9.17) is 15.6 Å². The monoisotopic (exact) mass is 502 g/mol. The summed E-state index contributed by atoms with van der Waals surface area (Å²) in [5.74, 6) is 3.12. The van der Waals surface area contributed by atoms with Gasteiger partial charge in [-0.2, -0.15) is 24.5 Å². The topological polar surface area (TPSA) is 134 Å². The SMILES string of the molecule is NC(=O)Nc1cc(C#Cc2ccsc2)sc1C(=O)N[C@H]1CCCCNC1.O=C(O)C(F)(F)F. The van der Waals surface area contributed by atoms with Crippen LogP contribution in [0.3, 0.4) is 0 Å². The third kappa shape index (κ3) is 9.13. The van der Waals surface area contributed by atoms with E-state index in [0.717, 1.165) is 37.9 Å². The number of nitrogens with one attached hydrogen (secondary N) is 3. The van der Waals surface area contributed by atoms with E-state index in [-0.39, 0.29) is 11.9 Å². The van der Waals surface area contributed by atoms with E-state index in [2.05, 4.69) is 27.8 Å². The van der Waals surface area contributed by atoms with E-state index in [1.165, 1.54) is 11.3 Å². The zero-order valence-electron chi connectivity index (χ0n) is 17.1. The molecule has 1 atom stereocenters. The van der Waals surface area contributed by atoms with E-state index in [1.54, 1.807) is 17.4 Å². The summed E-state index contributed by atoms with van der Waals surface area (Å²) in [6.45, 7) is 1.72. The Kier molecular flexibility index (Phi) is 9.71. The number of carboxylic acids is 1. The Hall–Kier alpha value is -3.08. The lowest BCUT2D eigenvalue weighted by Gasteiger charge is -2.16. The quantitative estimate of drug-likeness (QED) is 0.411. The minimum absolute atomic E-state index is 0.0777. The predicted octanol–water partition coefficient (Wildman–Crippen LogP) is 3.21. The van der Waals surface area contributed by atoms with Gasteiger partial charge in [0.05, 0.1) is 10.6 Å². The molecular weight excluding hydrogens is 481 g/mol. The number of carbonyl (C=O) groups is 3. The van der Waals surface area contributed by atoms with Crippen molar-refractivity contribution in [1.82, 2.24) is 10.6 Å². The van der Waals surface area contributed by atoms with E-state index in [1.807, 2.05) is 16.8 Å². The van der Waals surface area contributed by atoms with Gasteiger partial charge in [0.25, 0.3) is 5.91 Å². The van der Waals surface area contributed by atoms with Crippen LogP contribution in [-0.2, 0) is 4.79 Å². The number of carbonyl (C=O) groups excluding carboxylic acids is 2. The molecule has 1 saturated heterocycles. The number of anilines is 1. The van der Waals surface area contributed by atoms with Gasteiger partial charge < -0.3 is 26.8 Å². The number of hydrogen-bond acceptors (Lipinski definition) is 6. The molecule has 0 saturated carbocycles. The molecule has 0 aromatic carbocycles. The number of nitrogens with two attached hydrogens (primary N) is 1. The normalized spacial score (nSPS) is 15.7. The molecule has 3 rings (SSSR count). The Bertz CT molecular complexity index is 1020. The van der Waals surface area contributed by atoms with Crippen LogP contribution in [-0.4, -0.2) is 48.3 Å². The molecular formula is C20H21F3N4O4S2. The fourth-order valence-corrected chi connectivity index (χ4v) is 4.17. The van der Waals surface area contributed by atoms with Crippen molar-refractivity contribution in [3.8, 4) is 11.8 Å². The third-order valence-corrected chi connectivity index (χ3v) is 5.90. The van der Waals surface area contributed by atoms with Gasteiger partial charge in [-0.3, -0.25) is 4.79 Å². The average Bonchev–Trinajstić information content (AvgIpc) is 3.30. The summed E-state index contributed by atoms with van der Waals surface area (Å²) in [6, 6.07) is 2.99. The lowest BCUT2D eigenvalue weighted by Crippen LogP contribution is -2.40. The molecule has 0 radical (unpaired) electrons. The Morgan fingerprint density at radius 2 is 1.97 bits per heavy atom. The number of halogens is 3. The average molecular weight is 503 g/mol. The summed E-state index contributed by atoms with van der Waals surface area (Å²) in [7, 11) is 0. The van der Waals surface area contributed by atoms with Crippen LogP contribution in [0.15, 0.2) is 22.9 Å². The van der Waals surface area contributed by atoms with E-state index < -0.39 is 18.2 Å². The van der Waals surface area contributed by atoms with Gasteiger partial charge in [0.1, 0.15) is 4.88 Å². The Morgan fingerprint density at radius 1 is 1.24 bits per heavy atom. The number of primary amides is 1. The highest BCUT2D eigenvalue weighted by Crippen LogP contribution is 2.27. The molecule has 8 nitrogen and oxygen atoms in total. The highest BCUT2D eigenvalue weighted by molar-refractivity contribution is 7.15. The zero-order chi connectivity index (χ0) is 24.4. The molecule has 2 aromatic heterocycles. The van der Waals surface area contributed by atoms with Gasteiger partial charge >= 0.3 is 18.2 Å². The number of rotatable bonds is 3. The molecule has 2 aromatic rings. The number of carboxylic acid groups (broad SMARTS) is 1. The lowest BCUT2D eigenvalue weighted by molar-refractivity contribution is -0.192. The van der Waals surface area contributed by atoms with Gasteiger partial charge in [-0.05, 0) is 36.9 Å². The number of amides is 3. The fourth-order valence-electron chi connectivity index (χ4n) is 2.71. The minimum atomic E-state index is -5.08. The van der Waals surface area contributed by atoms with Crippen LogP contribution in [0.5, 0.6) is 0 Å². The molecule has 33 heavy (non-hydrogen) atoms. The van der Waals surface area contributed by atoms with E-state index in [0.29, 0.717) is 15.4 Å². The van der Waals surface area contributed by atoms with Crippen molar-refractivity contribution >= 4 is 46.3 Å². The van der Waals surface area contributed by atoms with Crippen LogP contribution in [0, 0.1) is 11.8 Å². The van der Waals surface area contributed by atoms with E-state index >= 15 is 0 Å². The third-order valence-electron chi connectivity index (χ3n) is 4.17. The van der Waals surface area contributed by atoms with Crippen molar-refractivity contribution in [3.63, 3.8) is 0 Å². The highest BCUT2D eigenvalue weighted by Gasteiger charge is 2.38. The summed E-state index contributed by atoms with van der Waals surface area (Å²) >= 11 is 2.83. The first-order valence-electron chi connectivity index (χ1n) is 9.62. The summed E-state index contributed by atoms with van der Waals surface area (Å²) in [4.78, 5) is 34.0. The molecule has 1 aliphatic rings. The molecule has 13 heteroatoms. The highest BCUT2D eigenvalue weighted by atomic mass is 32.1. The lowest BCUT2D eigenvalue weighted by atomic mass is 10.1. The van der Waals surface area contributed by atoms with Gasteiger partial charge in [0.15, 0.2) is 0 Å². The smallest absolute Gasteiger partial charge is 0.475 e. The number of thiophene rings is 2. The second-order valence-corrected chi connectivity index (χ2v) is 8.61. The van der Waals surface area contributed by atoms with Crippen molar-refractivity contribution < 1.29 is 32.7 Å². The maximum absolute atomic E-state index is 12.7. The van der Waals surface area contributed by atoms with Crippen molar-refractivity contribution in [2.75, 3.05) is 18.4 Å². The summed E-state index contributed by atoms with van der Waals surface area (Å²) in [5.41, 5.74) is 6.56. The first-order valence-corrected chi connectivity index (χ1v) is 11.4. The van der Waals surface area contributed by atoms with Crippen LogP contribution < -0.4 is 21.7 Å². The Morgan fingerprint density at radius 3 is 2.58 bits per heavy atom. The first-order chi connectivity index (χ1) is 15.6. The fraction of sp³-hybridized carbons (Fsp3) is 0.350. The predicted molar refractivity (Wildman–Crippen MR) is 119 cm³/mol. The number of alkyl halides is 3. The molecule has 3 heterocycles. The zero-order valence-corrected chi connectivity index (χ0v) is 18.8. The Labute approximate surface area is 195 Å². The van der Waals surface area contributed by atoms with Crippen LogP contribution in [0.25, 0.3) is 0 Å². The largest absolute Gasteiger partial charge is 0.490 e. The summed E-state index contributed by atoms with van der Waals surface area (Å²) in [5, 5.41) is 19.9. The number of hydrogen-bond donors (Lipinski definition) is 5. The second-order valence-electron chi connectivity index (χ2n) is 6.78. The molecule has 3 amide bonds. The van der Waals surface area contributed by atoms with Gasteiger partial charge in [0.2, 0.25) is 0 Å². The minimum Gasteiger partial charge on any atom is -0.475 e. The van der Waals surface area contributed by atoms with E-state index in [9.17, 15) is 22.8 Å². The molecule has 1 fully saturated rings. The van der Waals surface area contributed by atoms with Crippen molar-refractivity contribution in [3.05, 3.63) is 38.2 Å². The molecule has 1 aliphatic heterocycles. The Balaban J connectivity index is 0.000000479. The number of urea groups is 1. The summed E-state index contributed by atoms with van der Waals surface area (Å²) in [6.07, 6.45) is -1.96. The molecule has 0 spiro atoms. The van der Waals surface area contributed by atoms with Crippen molar-refractivity contribution in [2.24, 2.45) is 5.73 Å². The van der Waals surface area contributed by atoms with Gasteiger partial charge in [-0.15, -0.1) is 11.3 Å². The summed E-state index contributed by atoms with van der Waals surface area (Å²) < 4.78 is 31.7. The van der Waals surface area contributed by atoms with Crippen molar-refractivity contribution in [1.29, 1.82) is 0 Å². The first kappa shape index (κ1) is 26.2. The van der Waals surface area contributed by atoms with Crippen LogP contribution in [0.1, 0.15) is 39.4 Å². The van der Waals surface area contributed by atoms with Gasteiger partial charge in [-0.25, -0.2) is 9.59 Å². The molecule has 0 aliphatic carbocycles.